The molecule has 2 aromatic rings. The molecular weight excluding hydrogens is 451 g/mol. The molecule has 3 rings (SSSR count). The number of nitrogens with zero attached hydrogens (tertiary/aromatic N) is 1. The van der Waals surface area contributed by atoms with Crippen molar-refractivity contribution in [1.82, 2.24) is 14.9 Å². The van der Waals surface area contributed by atoms with Gasteiger partial charge in [-0.1, -0.05) is 18.2 Å². The van der Waals surface area contributed by atoms with Crippen LogP contribution in [0.15, 0.2) is 47.4 Å². The van der Waals surface area contributed by atoms with Crippen molar-refractivity contribution >= 4 is 21.8 Å². The molecule has 1 heterocycles. The summed E-state index contributed by atoms with van der Waals surface area (Å²) in [6.07, 6.45) is -0.941. The Bertz CT molecular complexity index is 1110. The van der Waals surface area contributed by atoms with E-state index in [0.29, 0.717) is 18.6 Å². The van der Waals surface area contributed by atoms with Crippen LogP contribution in [0.3, 0.4) is 0 Å². The lowest BCUT2D eigenvalue weighted by Gasteiger charge is -2.34. The molecule has 0 unspecified atom stereocenters. The molecule has 8 nitrogen and oxygen atoms in total. The van der Waals surface area contributed by atoms with Crippen LogP contribution >= 0.6 is 0 Å². The molecule has 1 aliphatic rings. The third-order valence-corrected chi connectivity index (χ3v) is 6.58. The summed E-state index contributed by atoms with van der Waals surface area (Å²) in [6.45, 7) is -0.531. The molecule has 2 amide bonds. The first-order valence-electron chi connectivity index (χ1n) is 9.58. The molecule has 1 saturated heterocycles. The molecule has 0 saturated carbocycles. The van der Waals surface area contributed by atoms with Crippen LogP contribution in [0.5, 0.6) is 0 Å². The fourth-order valence-corrected chi connectivity index (χ4v) is 4.70. The van der Waals surface area contributed by atoms with E-state index in [1.54, 1.807) is 6.07 Å². The minimum Gasteiger partial charge on any atom is -0.360 e. The van der Waals surface area contributed by atoms with Crippen molar-refractivity contribution in [3.05, 3.63) is 65.5 Å². The average Bonchev–Trinajstić information content (AvgIpc) is 2.78. The molecule has 12 heteroatoms. The fraction of sp³-hybridized carbons (Fsp3) is 0.300. The first-order valence-corrected chi connectivity index (χ1v) is 11.0. The number of amides is 2. The number of carbonyl (C=O) groups excluding carboxylic acids is 2. The van der Waals surface area contributed by atoms with Gasteiger partial charge in [0, 0.05) is 18.7 Å². The van der Waals surface area contributed by atoms with Gasteiger partial charge < -0.3 is 15.4 Å². The second-order valence-electron chi connectivity index (χ2n) is 6.85. The summed E-state index contributed by atoms with van der Waals surface area (Å²) in [7, 11) is -4.48. The standard InChI is InChI=1S/C20H20F3N3O5S/c21-14-6-7-16(23)17(10-14)32(29,30)26-8-3-9-31-18(26)12-25-20(28)19(27)24-11-13-4-1-2-5-15(13)22/h1-2,4-7,10,18H,3,8-9,11-12H2,(H,24,27)(H,25,28)/t18-/m1/s1. The van der Waals surface area contributed by atoms with Crippen LogP contribution in [0.2, 0.25) is 0 Å². The van der Waals surface area contributed by atoms with Gasteiger partial charge in [-0.2, -0.15) is 4.31 Å². The fourth-order valence-electron chi connectivity index (χ4n) is 3.06. The number of ether oxygens (including phenoxy) is 1. The number of benzene rings is 2. The molecule has 0 bridgehead atoms. The number of sulfonamides is 1. The predicted molar refractivity (Wildman–Crippen MR) is 106 cm³/mol. The molecule has 0 aliphatic carbocycles. The van der Waals surface area contributed by atoms with Crippen molar-refractivity contribution < 1.29 is 35.9 Å². The Hall–Kier alpha value is -2.96. The highest BCUT2D eigenvalue weighted by Gasteiger charge is 2.36. The monoisotopic (exact) mass is 471 g/mol. The van der Waals surface area contributed by atoms with Crippen molar-refractivity contribution in [1.29, 1.82) is 0 Å². The van der Waals surface area contributed by atoms with Crippen LogP contribution < -0.4 is 10.6 Å². The third-order valence-electron chi connectivity index (χ3n) is 4.67. The predicted octanol–water partition coefficient (Wildman–Crippen LogP) is 1.27. The van der Waals surface area contributed by atoms with Crippen LogP contribution in [-0.4, -0.2) is 50.5 Å². The zero-order chi connectivity index (χ0) is 23.3. The normalized spacial score (nSPS) is 17.0. The average molecular weight is 471 g/mol. The Balaban J connectivity index is 1.64. The van der Waals surface area contributed by atoms with E-state index in [9.17, 15) is 31.2 Å². The maximum atomic E-state index is 14.1. The van der Waals surface area contributed by atoms with Gasteiger partial charge in [0.05, 0.1) is 13.2 Å². The van der Waals surface area contributed by atoms with Crippen molar-refractivity contribution in [2.45, 2.75) is 24.1 Å². The summed E-state index contributed by atoms with van der Waals surface area (Å²) >= 11 is 0. The van der Waals surface area contributed by atoms with E-state index in [1.165, 1.54) is 18.2 Å². The lowest BCUT2D eigenvalue weighted by atomic mass is 10.2. The molecule has 1 atom stereocenters. The van der Waals surface area contributed by atoms with E-state index >= 15 is 0 Å². The molecule has 2 aromatic carbocycles. The smallest absolute Gasteiger partial charge is 0.309 e. The van der Waals surface area contributed by atoms with Crippen LogP contribution in [-0.2, 0) is 30.9 Å². The highest BCUT2D eigenvalue weighted by Crippen LogP contribution is 2.24. The summed E-state index contributed by atoms with van der Waals surface area (Å²) in [5.74, 6) is -4.76. The van der Waals surface area contributed by atoms with E-state index in [1.807, 2.05) is 0 Å². The molecular formula is C20H20F3N3O5S. The largest absolute Gasteiger partial charge is 0.360 e. The van der Waals surface area contributed by atoms with Crippen molar-refractivity contribution in [2.24, 2.45) is 0 Å². The molecule has 2 N–H and O–H groups in total. The molecule has 1 fully saturated rings. The van der Waals surface area contributed by atoms with Gasteiger partial charge in [0.25, 0.3) is 0 Å². The second kappa shape index (κ2) is 10.1. The number of carbonyl (C=O) groups is 2. The SMILES string of the molecule is O=C(NCc1ccccc1F)C(=O)NC[C@H]1OCCCN1S(=O)(=O)c1cc(F)ccc1F. The van der Waals surface area contributed by atoms with Gasteiger partial charge in [-0.25, -0.2) is 21.6 Å². The summed E-state index contributed by atoms with van der Waals surface area (Å²) in [5.41, 5.74) is 0.179. The highest BCUT2D eigenvalue weighted by atomic mass is 32.2. The van der Waals surface area contributed by atoms with E-state index < -0.39 is 57.0 Å². The minimum absolute atomic E-state index is 0.0572. The van der Waals surface area contributed by atoms with Gasteiger partial charge >= 0.3 is 11.8 Å². The zero-order valence-electron chi connectivity index (χ0n) is 16.7. The summed E-state index contributed by atoms with van der Waals surface area (Å²) < 4.78 is 73.0. The quantitative estimate of drug-likeness (QED) is 0.618. The second-order valence-corrected chi connectivity index (χ2v) is 8.71. The lowest BCUT2D eigenvalue weighted by Crippen LogP contribution is -2.53. The zero-order valence-corrected chi connectivity index (χ0v) is 17.5. The number of nitrogens with one attached hydrogen (secondary N) is 2. The topological polar surface area (TPSA) is 105 Å². The van der Waals surface area contributed by atoms with Crippen molar-refractivity contribution in [3.8, 4) is 0 Å². The van der Waals surface area contributed by atoms with Crippen LogP contribution in [0, 0.1) is 17.5 Å². The van der Waals surface area contributed by atoms with Gasteiger partial charge in [0.2, 0.25) is 10.0 Å². The summed E-state index contributed by atoms with van der Waals surface area (Å²) in [5, 5.41) is 4.49. The van der Waals surface area contributed by atoms with Gasteiger partial charge in [-0.15, -0.1) is 0 Å². The molecule has 0 radical (unpaired) electrons. The number of hydrogen-bond donors (Lipinski definition) is 2. The summed E-state index contributed by atoms with van der Waals surface area (Å²) in [4.78, 5) is 23.2. The van der Waals surface area contributed by atoms with Crippen molar-refractivity contribution in [3.63, 3.8) is 0 Å². The van der Waals surface area contributed by atoms with E-state index in [2.05, 4.69) is 10.6 Å². The number of halogens is 3. The van der Waals surface area contributed by atoms with Crippen molar-refractivity contribution in [2.75, 3.05) is 19.7 Å². The first-order chi connectivity index (χ1) is 15.2. The summed E-state index contributed by atoms with van der Waals surface area (Å²) in [6, 6.07) is 7.75. The molecule has 32 heavy (non-hydrogen) atoms. The van der Waals surface area contributed by atoms with Gasteiger partial charge in [-0.05, 0) is 30.7 Å². The highest BCUT2D eigenvalue weighted by molar-refractivity contribution is 7.89. The Morgan fingerprint density at radius 1 is 1.03 bits per heavy atom. The Labute approximate surface area is 182 Å². The van der Waals surface area contributed by atoms with Crippen LogP contribution in [0.4, 0.5) is 13.2 Å². The number of hydrogen-bond acceptors (Lipinski definition) is 5. The van der Waals surface area contributed by atoms with Crippen LogP contribution in [0.1, 0.15) is 12.0 Å². The molecule has 1 aliphatic heterocycles. The Morgan fingerprint density at radius 2 is 1.75 bits per heavy atom. The van der Waals surface area contributed by atoms with Gasteiger partial charge in [-0.3, -0.25) is 9.59 Å². The van der Waals surface area contributed by atoms with Gasteiger partial charge in [0.1, 0.15) is 28.6 Å². The number of rotatable bonds is 6. The van der Waals surface area contributed by atoms with Gasteiger partial charge in [0.15, 0.2) is 0 Å². The lowest BCUT2D eigenvalue weighted by molar-refractivity contribution is -0.140. The van der Waals surface area contributed by atoms with E-state index in [0.717, 1.165) is 10.4 Å². The Kier molecular flexibility index (Phi) is 7.48. The molecule has 0 aromatic heterocycles. The van der Waals surface area contributed by atoms with E-state index in [4.69, 9.17) is 4.74 Å². The van der Waals surface area contributed by atoms with Crippen LogP contribution in [0.25, 0.3) is 0 Å². The maximum Gasteiger partial charge on any atom is 0.309 e. The minimum atomic E-state index is -4.48. The molecule has 172 valence electrons. The van der Waals surface area contributed by atoms with E-state index in [-0.39, 0.29) is 25.3 Å². The molecule has 0 spiro atoms. The maximum absolute atomic E-state index is 14.1. The third kappa shape index (κ3) is 5.44. The Morgan fingerprint density at radius 3 is 2.50 bits per heavy atom. The first kappa shape index (κ1) is 23.7.